The van der Waals surface area contributed by atoms with Crippen LogP contribution in [0.5, 0.6) is 11.5 Å². The van der Waals surface area contributed by atoms with Gasteiger partial charge >= 0.3 is 0 Å². The van der Waals surface area contributed by atoms with Gasteiger partial charge in [-0.3, -0.25) is 0 Å². The molecule has 2 rings (SSSR count). The third-order valence-electron chi connectivity index (χ3n) is 3.54. The highest BCUT2D eigenvalue weighted by molar-refractivity contribution is 5.35. The van der Waals surface area contributed by atoms with Crippen LogP contribution >= 0.6 is 0 Å². The number of aromatic hydroxyl groups is 2. The molecule has 4 nitrogen and oxygen atoms in total. The molecule has 0 bridgehead atoms. The smallest absolute Gasteiger partial charge is 0.115 e. The number of phenolic OH excluding ortho intramolecular Hbond substituents is 2. The number of hydrogen-bond acceptors (Lipinski definition) is 4. The first-order valence-corrected chi connectivity index (χ1v) is 7.09. The van der Waals surface area contributed by atoms with Crippen molar-refractivity contribution in [2.75, 3.05) is 13.2 Å². The van der Waals surface area contributed by atoms with Crippen molar-refractivity contribution in [1.29, 1.82) is 0 Å². The van der Waals surface area contributed by atoms with E-state index in [0.29, 0.717) is 12.8 Å². The van der Waals surface area contributed by atoms with E-state index in [4.69, 9.17) is 0 Å². The third kappa shape index (κ3) is 4.35. The fourth-order valence-corrected chi connectivity index (χ4v) is 2.41. The highest BCUT2D eigenvalue weighted by Gasteiger charge is 2.09. The zero-order valence-corrected chi connectivity index (χ0v) is 12.2. The number of benzene rings is 2. The molecule has 0 spiro atoms. The van der Waals surface area contributed by atoms with Crippen molar-refractivity contribution >= 4 is 0 Å². The third-order valence-corrected chi connectivity index (χ3v) is 3.54. The molecular weight excluding hydrogens is 280 g/mol. The molecular formula is C18H20O4. The van der Waals surface area contributed by atoms with Crippen molar-refractivity contribution in [2.45, 2.75) is 12.8 Å². The summed E-state index contributed by atoms with van der Waals surface area (Å²) in [5, 5.41) is 38.2. The van der Waals surface area contributed by atoms with Crippen LogP contribution in [0.15, 0.2) is 59.7 Å². The van der Waals surface area contributed by atoms with Gasteiger partial charge in [0.1, 0.15) is 11.5 Å². The standard InChI is InChI=1S/C18H20O4/c19-11-15(7-13-3-1-5-17(21)9-13)16(12-20)8-14-4-2-6-18(22)10-14/h1-6,9-10,19-22H,7-8,11-12H2. The van der Waals surface area contributed by atoms with Gasteiger partial charge in [-0.2, -0.15) is 0 Å². The SMILES string of the molecule is OCC(Cc1cccc(O)c1)=C(CO)Cc1cccc(O)c1. The van der Waals surface area contributed by atoms with Crippen molar-refractivity contribution in [3.8, 4) is 11.5 Å². The van der Waals surface area contributed by atoms with Crippen LogP contribution in [0.1, 0.15) is 11.1 Å². The van der Waals surface area contributed by atoms with Crippen molar-refractivity contribution in [3.05, 3.63) is 70.8 Å². The lowest BCUT2D eigenvalue weighted by Crippen LogP contribution is -2.07. The number of hydrogen-bond donors (Lipinski definition) is 4. The van der Waals surface area contributed by atoms with Crippen LogP contribution in [0.4, 0.5) is 0 Å². The van der Waals surface area contributed by atoms with Crippen molar-refractivity contribution in [3.63, 3.8) is 0 Å². The summed E-state index contributed by atoms with van der Waals surface area (Å²) in [5.41, 5.74) is 3.17. The first kappa shape index (κ1) is 16.1. The maximum Gasteiger partial charge on any atom is 0.115 e. The Labute approximate surface area is 129 Å². The summed E-state index contributed by atoms with van der Waals surface area (Å²) in [4.78, 5) is 0. The maximum absolute atomic E-state index is 9.61. The molecule has 2 aromatic carbocycles. The first-order valence-electron chi connectivity index (χ1n) is 7.09. The molecule has 0 aromatic heterocycles. The Bertz CT molecular complexity index is 604. The molecule has 2 aromatic rings. The Morgan fingerprint density at radius 1 is 0.682 bits per heavy atom. The summed E-state index contributed by atoms with van der Waals surface area (Å²) in [6.45, 7) is -0.325. The Balaban J connectivity index is 2.24. The zero-order valence-electron chi connectivity index (χ0n) is 12.2. The highest BCUT2D eigenvalue weighted by atomic mass is 16.3. The number of aliphatic hydroxyl groups is 2. The quantitative estimate of drug-likeness (QED) is 0.616. The minimum Gasteiger partial charge on any atom is -0.508 e. The molecule has 0 radical (unpaired) electrons. The molecule has 0 aliphatic heterocycles. The van der Waals surface area contributed by atoms with Crippen LogP contribution in [0, 0.1) is 0 Å². The molecule has 0 unspecified atom stereocenters. The number of aliphatic hydroxyl groups excluding tert-OH is 2. The van der Waals surface area contributed by atoms with E-state index in [1.807, 2.05) is 12.1 Å². The molecule has 0 saturated carbocycles. The normalized spacial score (nSPS) is 12.1. The molecule has 0 aliphatic carbocycles. The van der Waals surface area contributed by atoms with Crippen LogP contribution in [0.3, 0.4) is 0 Å². The fraction of sp³-hybridized carbons (Fsp3) is 0.222. The monoisotopic (exact) mass is 300 g/mol. The zero-order chi connectivity index (χ0) is 15.9. The number of phenols is 2. The second-order valence-corrected chi connectivity index (χ2v) is 5.22. The van der Waals surface area contributed by atoms with Crippen molar-refractivity contribution in [2.24, 2.45) is 0 Å². The van der Waals surface area contributed by atoms with E-state index in [1.54, 1.807) is 36.4 Å². The molecule has 0 amide bonds. The molecule has 0 saturated heterocycles. The summed E-state index contributed by atoms with van der Waals surface area (Å²) in [7, 11) is 0. The maximum atomic E-state index is 9.61. The van der Waals surface area contributed by atoms with Crippen LogP contribution in [0.25, 0.3) is 0 Å². The summed E-state index contributed by atoms with van der Waals surface area (Å²) in [5.74, 6) is 0.349. The molecule has 4 N–H and O–H groups in total. The van der Waals surface area contributed by atoms with Gasteiger partial charge in [0.2, 0.25) is 0 Å². The predicted molar refractivity (Wildman–Crippen MR) is 84.8 cm³/mol. The Hall–Kier alpha value is -2.30. The second-order valence-electron chi connectivity index (χ2n) is 5.22. The van der Waals surface area contributed by atoms with E-state index in [-0.39, 0.29) is 24.7 Å². The van der Waals surface area contributed by atoms with E-state index >= 15 is 0 Å². The summed E-state index contributed by atoms with van der Waals surface area (Å²) >= 11 is 0. The molecule has 116 valence electrons. The molecule has 0 heterocycles. The van der Waals surface area contributed by atoms with Gasteiger partial charge in [-0.1, -0.05) is 24.3 Å². The molecule has 4 heteroatoms. The average Bonchev–Trinajstić information content (AvgIpc) is 2.51. The Morgan fingerprint density at radius 2 is 1.09 bits per heavy atom. The fourth-order valence-electron chi connectivity index (χ4n) is 2.41. The molecule has 22 heavy (non-hydrogen) atoms. The summed E-state index contributed by atoms with van der Waals surface area (Å²) in [6.07, 6.45) is 0.916. The first-order chi connectivity index (χ1) is 10.6. The predicted octanol–water partition coefficient (Wildman–Crippen LogP) is 2.16. The Morgan fingerprint density at radius 3 is 1.41 bits per heavy atom. The highest BCUT2D eigenvalue weighted by Crippen LogP contribution is 2.20. The van der Waals surface area contributed by atoms with E-state index in [9.17, 15) is 20.4 Å². The summed E-state index contributed by atoms with van der Waals surface area (Å²) in [6, 6.07) is 13.7. The van der Waals surface area contributed by atoms with Crippen LogP contribution in [-0.2, 0) is 12.8 Å². The summed E-state index contributed by atoms with van der Waals surface area (Å²) < 4.78 is 0. The van der Waals surface area contributed by atoms with Crippen molar-refractivity contribution < 1.29 is 20.4 Å². The van der Waals surface area contributed by atoms with E-state index in [1.165, 1.54) is 0 Å². The minimum absolute atomic E-state index is 0.162. The second kappa shape index (κ2) is 7.64. The molecule has 0 atom stereocenters. The largest absolute Gasteiger partial charge is 0.508 e. The Kier molecular flexibility index (Phi) is 5.58. The lowest BCUT2D eigenvalue weighted by Gasteiger charge is -2.13. The van der Waals surface area contributed by atoms with Crippen molar-refractivity contribution in [1.82, 2.24) is 0 Å². The van der Waals surface area contributed by atoms with Gasteiger partial charge < -0.3 is 20.4 Å². The van der Waals surface area contributed by atoms with Crippen LogP contribution < -0.4 is 0 Å². The molecule has 0 fully saturated rings. The van der Waals surface area contributed by atoms with Gasteiger partial charge in [-0.25, -0.2) is 0 Å². The minimum atomic E-state index is -0.162. The van der Waals surface area contributed by atoms with Gasteiger partial charge in [-0.05, 0) is 59.4 Å². The lowest BCUT2D eigenvalue weighted by atomic mass is 9.96. The number of rotatable bonds is 6. The van der Waals surface area contributed by atoms with Gasteiger partial charge in [-0.15, -0.1) is 0 Å². The van der Waals surface area contributed by atoms with Gasteiger partial charge in [0.05, 0.1) is 13.2 Å². The van der Waals surface area contributed by atoms with Gasteiger partial charge in [0.25, 0.3) is 0 Å². The van der Waals surface area contributed by atoms with Crippen LogP contribution in [0.2, 0.25) is 0 Å². The molecule has 0 aliphatic rings. The topological polar surface area (TPSA) is 80.9 Å². The van der Waals surface area contributed by atoms with E-state index in [0.717, 1.165) is 22.3 Å². The van der Waals surface area contributed by atoms with Crippen LogP contribution in [-0.4, -0.2) is 33.6 Å². The van der Waals surface area contributed by atoms with E-state index < -0.39 is 0 Å². The van der Waals surface area contributed by atoms with Gasteiger partial charge in [0.15, 0.2) is 0 Å². The average molecular weight is 300 g/mol. The lowest BCUT2D eigenvalue weighted by molar-refractivity contribution is 0.307. The van der Waals surface area contributed by atoms with Gasteiger partial charge in [0, 0.05) is 0 Å². The van der Waals surface area contributed by atoms with E-state index in [2.05, 4.69) is 0 Å².